The SMILES string of the molecule is Cc1ccc(S(=O)(=O)OC(C=O)CSc2ccncc2)cc1. The number of pyridine rings is 1. The Morgan fingerprint density at radius 2 is 1.82 bits per heavy atom. The van der Waals surface area contributed by atoms with Gasteiger partial charge in [-0.1, -0.05) is 17.7 Å². The van der Waals surface area contributed by atoms with Crippen molar-refractivity contribution >= 4 is 28.2 Å². The molecule has 0 N–H and O–H groups in total. The molecule has 116 valence electrons. The van der Waals surface area contributed by atoms with Gasteiger partial charge in [-0.25, -0.2) is 0 Å². The third-order valence-corrected chi connectivity index (χ3v) is 5.23. The van der Waals surface area contributed by atoms with Gasteiger partial charge in [0.05, 0.1) is 4.90 Å². The molecule has 2 aromatic rings. The van der Waals surface area contributed by atoms with Crippen molar-refractivity contribution in [3.63, 3.8) is 0 Å². The van der Waals surface area contributed by atoms with Crippen molar-refractivity contribution in [2.75, 3.05) is 5.75 Å². The van der Waals surface area contributed by atoms with E-state index in [1.165, 1.54) is 23.9 Å². The standard InChI is InChI=1S/C15H15NO4S2/c1-12-2-4-15(5-3-12)22(18,19)20-13(10-17)11-21-14-6-8-16-9-7-14/h2-10,13H,11H2,1H3. The minimum atomic E-state index is -3.95. The van der Waals surface area contributed by atoms with E-state index in [0.29, 0.717) is 6.29 Å². The van der Waals surface area contributed by atoms with Crippen LogP contribution in [0.15, 0.2) is 58.6 Å². The van der Waals surface area contributed by atoms with Gasteiger partial charge in [0, 0.05) is 23.0 Å². The van der Waals surface area contributed by atoms with E-state index in [9.17, 15) is 13.2 Å². The summed E-state index contributed by atoms with van der Waals surface area (Å²) in [7, 11) is -3.95. The summed E-state index contributed by atoms with van der Waals surface area (Å²) in [5.41, 5.74) is 0.944. The number of carbonyl (C=O) groups excluding carboxylic acids is 1. The lowest BCUT2D eigenvalue weighted by atomic mass is 10.2. The van der Waals surface area contributed by atoms with Gasteiger partial charge in [-0.15, -0.1) is 11.8 Å². The molecule has 2 rings (SSSR count). The molecule has 5 nitrogen and oxygen atoms in total. The predicted octanol–water partition coefficient (Wildman–Crippen LogP) is 2.46. The van der Waals surface area contributed by atoms with Gasteiger partial charge >= 0.3 is 0 Å². The Kier molecular flexibility index (Phi) is 5.70. The molecule has 0 aliphatic heterocycles. The summed E-state index contributed by atoms with van der Waals surface area (Å²) in [6.07, 6.45) is 2.72. The zero-order valence-corrected chi connectivity index (χ0v) is 13.5. The molecule has 0 saturated carbocycles. The van der Waals surface area contributed by atoms with Crippen LogP contribution in [0.25, 0.3) is 0 Å². The van der Waals surface area contributed by atoms with E-state index in [-0.39, 0.29) is 10.6 Å². The molecule has 7 heteroatoms. The molecule has 1 aromatic carbocycles. The molecule has 1 unspecified atom stereocenters. The second-order valence-corrected chi connectivity index (χ2v) is 7.20. The third kappa shape index (κ3) is 4.66. The largest absolute Gasteiger partial charge is 0.300 e. The summed E-state index contributed by atoms with van der Waals surface area (Å²) < 4.78 is 29.2. The van der Waals surface area contributed by atoms with Gasteiger partial charge in [-0.2, -0.15) is 8.42 Å². The molecule has 0 bridgehead atoms. The van der Waals surface area contributed by atoms with Crippen LogP contribution in [0.3, 0.4) is 0 Å². The normalized spacial score (nSPS) is 12.8. The van der Waals surface area contributed by atoms with Crippen molar-refractivity contribution in [3.8, 4) is 0 Å². The monoisotopic (exact) mass is 337 g/mol. The number of thioether (sulfide) groups is 1. The van der Waals surface area contributed by atoms with E-state index in [2.05, 4.69) is 4.98 Å². The zero-order valence-electron chi connectivity index (χ0n) is 11.9. The van der Waals surface area contributed by atoms with Crippen LogP contribution < -0.4 is 0 Å². The van der Waals surface area contributed by atoms with Crippen LogP contribution in [0.5, 0.6) is 0 Å². The van der Waals surface area contributed by atoms with Crippen LogP contribution in [0.2, 0.25) is 0 Å². The van der Waals surface area contributed by atoms with Crippen LogP contribution in [-0.2, 0) is 19.1 Å². The molecule has 0 saturated heterocycles. The van der Waals surface area contributed by atoms with Gasteiger partial charge < -0.3 is 4.79 Å². The Hall–Kier alpha value is -1.70. The number of carbonyl (C=O) groups is 1. The number of aryl methyl sites for hydroxylation is 1. The summed E-state index contributed by atoms with van der Waals surface area (Å²) in [5.74, 6) is 0.207. The molecular weight excluding hydrogens is 322 g/mol. The fourth-order valence-electron chi connectivity index (χ4n) is 1.63. The van der Waals surface area contributed by atoms with Gasteiger partial charge in [-0.3, -0.25) is 9.17 Å². The molecular formula is C15H15NO4S2. The highest BCUT2D eigenvalue weighted by atomic mass is 32.2. The van der Waals surface area contributed by atoms with Crippen molar-refractivity contribution < 1.29 is 17.4 Å². The highest BCUT2D eigenvalue weighted by molar-refractivity contribution is 7.99. The lowest BCUT2D eigenvalue weighted by Crippen LogP contribution is -2.22. The number of aldehydes is 1. The Morgan fingerprint density at radius 3 is 2.41 bits per heavy atom. The minimum Gasteiger partial charge on any atom is -0.300 e. The van der Waals surface area contributed by atoms with Gasteiger partial charge in [-0.05, 0) is 31.2 Å². The Morgan fingerprint density at radius 1 is 1.18 bits per heavy atom. The lowest BCUT2D eigenvalue weighted by molar-refractivity contribution is -0.112. The first kappa shape index (κ1) is 16.7. The van der Waals surface area contributed by atoms with E-state index >= 15 is 0 Å². The molecule has 0 fully saturated rings. The second-order valence-electron chi connectivity index (χ2n) is 4.53. The van der Waals surface area contributed by atoms with Gasteiger partial charge in [0.15, 0.2) is 6.29 Å². The average molecular weight is 337 g/mol. The summed E-state index contributed by atoms with van der Waals surface area (Å²) >= 11 is 1.33. The second kappa shape index (κ2) is 7.53. The maximum absolute atomic E-state index is 12.1. The molecule has 0 spiro atoms. The number of nitrogens with zero attached hydrogens (tertiary/aromatic N) is 1. The fraction of sp³-hybridized carbons (Fsp3) is 0.200. The molecule has 0 aliphatic rings. The van der Waals surface area contributed by atoms with Crippen LogP contribution >= 0.6 is 11.8 Å². The number of aromatic nitrogens is 1. The van der Waals surface area contributed by atoms with E-state index in [4.69, 9.17) is 4.18 Å². The van der Waals surface area contributed by atoms with Gasteiger partial charge in [0.25, 0.3) is 10.1 Å². The summed E-state index contributed by atoms with van der Waals surface area (Å²) in [6, 6.07) is 9.84. The van der Waals surface area contributed by atoms with E-state index in [1.807, 2.05) is 6.92 Å². The van der Waals surface area contributed by atoms with Crippen molar-refractivity contribution in [1.82, 2.24) is 4.98 Å². The number of rotatable bonds is 7. The predicted molar refractivity (Wildman–Crippen MR) is 84.3 cm³/mol. The first-order valence-corrected chi connectivity index (χ1v) is 8.89. The number of benzene rings is 1. The minimum absolute atomic E-state index is 0.0406. The lowest BCUT2D eigenvalue weighted by Gasteiger charge is -2.12. The topological polar surface area (TPSA) is 73.3 Å². The zero-order chi connectivity index (χ0) is 16.0. The third-order valence-electron chi connectivity index (χ3n) is 2.78. The van der Waals surface area contributed by atoms with Gasteiger partial charge in [0.1, 0.15) is 6.10 Å². The van der Waals surface area contributed by atoms with Gasteiger partial charge in [0.2, 0.25) is 0 Å². The maximum atomic E-state index is 12.1. The molecule has 0 aliphatic carbocycles. The first-order valence-electron chi connectivity index (χ1n) is 6.49. The highest BCUT2D eigenvalue weighted by Gasteiger charge is 2.21. The van der Waals surface area contributed by atoms with Crippen LogP contribution in [-0.4, -0.2) is 31.5 Å². The van der Waals surface area contributed by atoms with E-state index in [1.54, 1.807) is 36.7 Å². The van der Waals surface area contributed by atoms with Crippen molar-refractivity contribution in [3.05, 3.63) is 54.4 Å². The summed E-state index contributed by atoms with van der Waals surface area (Å²) in [4.78, 5) is 15.9. The number of hydrogen-bond donors (Lipinski definition) is 0. The molecule has 0 amide bonds. The Labute approximate surface area is 133 Å². The maximum Gasteiger partial charge on any atom is 0.297 e. The Balaban J connectivity index is 2.02. The van der Waals surface area contributed by atoms with Crippen LogP contribution in [0.4, 0.5) is 0 Å². The highest BCUT2D eigenvalue weighted by Crippen LogP contribution is 2.20. The smallest absolute Gasteiger partial charge is 0.297 e. The summed E-state index contributed by atoms with van der Waals surface area (Å²) in [5, 5.41) is 0. The molecule has 22 heavy (non-hydrogen) atoms. The van der Waals surface area contributed by atoms with E-state index < -0.39 is 16.2 Å². The van der Waals surface area contributed by atoms with Crippen LogP contribution in [0.1, 0.15) is 5.56 Å². The van der Waals surface area contributed by atoms with Crippen LogP contribution in [0, 0.1) is 6.92 Å². The molecule has 1 heterocycles. The average Bonchev–Trinajstić information content (AvgIpc) is 2.52. The first-order chi connectivity index (χ1) is 10.5. The van der Waals surface area contributed by atoms with Crippen molar-refractivity contribution in [2.45, 2.75) is 22.8 Å². The molecule has 1 atom stereocenters. The van der Waals surface area contributed by atoms with Crippen molar-refractivity contribution in [1.29, 1.82) is 0 Å². The summed E-state index contributed by atoms with van der Waals surface area (Å²) in [6.45, 7) is 1.86. The number of hydrogen-bond acceptors (Lipinski definition) is 6. The quantitative estimate of drug-likeness (QED) is 0.439. The van der Waals surface area contributed by atoms with E-state index in [0.717, 1.165) is 10.5 Å². The Bertz CT molecular complexity index is 715. The fourth-order valence-corrected chi connectivity index (χ4v) is 3.55. The van der Waals surface area contributed by atoms with Crippen molar-refractivity contribution in [2.24, 2.45) is 0 Å². The molecule has 0 radical (unpaired) electrons. The molecule has 1 aromatic heterocycles.